The molecule has 1 heterocycles. The number of para-hydroxylation sites is 1. The molecular weight excluding hydrogens is 276 g/mol. The van der Waals surface area contributed by atoms with E-state index in [1.807, 2.05) is 61.5 Å². The maximum absolute atomic E-state index is 5.30. The van der Waals surface area contributed by atoms with Gasteiger partial charge in [-0.15, -0.1) is 0 Å². The standard InChI is InChI=1S/C18H16N2O2/c1-13-7-9-15(10-8-13)18-19-17(22-20-18)12-11-14-5-3-4-6-16(14)21-2/h3-12H,1-2H3/b12-11+. The molecule has 0 saturated carbocycles. The van der Waals surface area contributed by atoms with Gasteiger partial charge in [-0.3, -0.25) is 0 Å². The minimum Gasteiger partial charge on any atom is -0.496 e. The van der Waals surface area contributed by atoms with Gasteiger partial charge in [0.25, 0.3) is 5.89 Å². The summed E-state index contributed by atoms with van der Waals surface area (Å²) in [5.41, 5.74) is 3.09. The number of nitrogens with zero attached hydrogens (tertiary/aromatic N) is 2. The molecule has 0 aliphatic carbocycles. The maximum Gasteiger partial charge on any atom is 0.250 e. The van der Waals surface area contributed by atoms with E-state index in [1.165, 1.54) is 5.56 Å². The molecule has 0 radical (unpaired) electrons. The van der Waals surface area contributed by atoms with Crippen LogP contribution in [0.5, 0.6) is 5.75 Å². The first-order valence-corrected chi connectivity index (χ1v) is 6.98. The molecule has 0 unspecified atom stereocenters. The van der Waals surface area contributed by atoms with Crippen molar-refractivity contribution in [2.24, 2.45) is 0 Å². The average Bonchev–Trinajstić information content (AvgIpc) is 3.03. The molecule has 3 rings (SSSR count). The molecule has 0 saturated heterocycles. The van der Waals surface area contributed by atoms with Gasteiger partial charge in [0.2, 0.25) is 5.82 Å². The Bertz CT molecular complexity index is 789. The number of aromatic nitrogens is 2. The van der Waals surface area contributed by atoms with Crippen LogP contribution >= 0.6 is 0 Å². The van der Waals surface area contributed by atoms with Crippen molar-refractivity contribution in [2.45, 2.75) is 6.92 Å². The Kier molecular flexibility index (Phi) is 4.01. The van der Waals surface area contributed by atoms with Crippen LogP contribution in [-0.2, 0) is 0 Å². The molecule has 4 heteroatoms. The molecule has 0 aliphatic heterocycles. The zero-order valence-corrected chi connectivity index (χ0v) is 12.5. The number of methoxy groups -OCH3 is 1. The van der Waals surface area contributed by atoms with Gasteiger partial charge < -0.3 is 9.26 Å². The van der Waals surface area contributed by atoms with E-state index >= 15 is 0 Å². The second-order valence-electron chi connectivity index (χ2n) is 4.90. The summed E-state index contributed by atoms with van der Waals surface area (Å²) in [5.74, 6) is 1.85. The highest BCUT2D eigenvalue weighted by Gasteiger charge is 2.06. The van der Waals surface area contributed by atoms with Crippen molar-refractivity contribution < 1.29 is 9.26 Å². The van der Waals surface area contributed by atoms with Crippen LogP contribution in [0, 0.1) is 6.92 Å². The van der Waals surface area contributed by atoms with E-state index in [9.17, 15) is 0 Å². The van der Waals surface area contributed by atoms with Gasteiger partial charge in [-0.05, 0) is 19.1 Å². The molecule has 110 valence electrons. The maximum atomic E-state index is 5.30. The molecule has 0 aliphatic rings. The molecule has 1 aromatic heterocycles. The van der Waals surface area contributed by atoms with Crippen LogP contribution < -0.4 is 4.74 Å². The van der Waals surface area contributed by atoms with Crippen LogP contribution in [0.1, 0.15) is 17.0 Å². The Morgan fingerprint density at radius 3 is 2.55 bits per heavy atom. The summed E-state index contributed by atoms with van der Waals surface area (Å²) in [6.45, 7) is 2.04. The van der Waals surface area contributed by atoms with Gasteiger partial charge in [-0.1, -0.05) is 53.2 Å². The van der Waals surface area contributed by atoms with Crippen molar-refractivity contribution >= 4 is 12.2 Å². The van der Waals surface area contributed by atoms with Gasteiger partial charge in [-0.25, -0.2) is 0 Å². The third kappa shape index (κ3) is 3.06. The van der Waals surface area contributed by atoms with E-state index in [4.69, 9.17) is 9.26 Å². The first-order valence-electron chi connectivity index (χ1n) is 6.98. The lowest BCUT2D eigenvalue weighted by molar-refractivity contribution is 0.411. The summed E-state index contributed by atoms with van der Waals surface area (Å²) in [6.07, 6.45) is 3.67. The van der Waals surface area contributed by atoms with E-state index in [1.54, 1.807) is 13.2 Å². The predicted molar refractivity (Wildman–Crippen MR) is 86.4 cm³/mol. The molecule has 4 nitrogen and oxygen atoms in total. The molecule has 2 aromatic carbocycles. The molecule has 22 heavy (non-hydrogen) atoms. The number of hydrogen-bond acceptors (Lipinski definition) is 4. The first-order chi connectivity index (χ1) is 10.8. The van der Waals surface area contributed by atoms with Crippen LogP contribution in [0.4, 0.5) is 0 Å². The predicted octanol–water partition coefficient (Wildman–Crippen LogP) is 4.22. The van der Waals surface area contributed by atoms with Crippen LogP contribution in [-0.4, -0.2) is 17.3 Å². The quantitative estimate of drug-likeness (QED) is 0.722. The molecule has 0 atom stereocenters. The van der Waals surface area contributed by atoms with Crippen molar-refractivity contribution in [3.8, 4) is 17.1 Å². The smallest absolute Gasteiger partial charge is 0.250 e. The third-order valence-corrected chi connectivity index (χ3v) is 3.30. The monoisotopic (exact) mass is 292 g/mol. The molecule has 0 N–H and O–H groups in total. The minimum absolute atomic E-state index is 0.460. The summed E-state index contributed by atoms with van der Waals surface area (Å²) >= 11 is 0. The fourth-order valence-corrected chi connectivity index (χ4v) is 2.09. The number of ether oxygens (including phenoxy) is 1. The largest absolute Gasteiger partial charge is 0.496 e. The molecular formula is C18H16N2O2. The third-order valence-electron chi connectivity index (χ3n) is 3.30. The van der Waals surface area contributed by atoms with Crippen molar-refractivity contribution in [1.29, 1.82) is 0 Å². The summed E-state index contributed by atoms with van der Waals surface area (Å²) in [5, 5.41) is 4.00. The van der Waals surface area contributed by atoms with E-state index in [2.05, 4.69) is 10.1 Å². The number of rotatable bonds is 4. The summed E-state index contributed by atoms with van der Waals surface area (Å²) in [4.78, 5) is 4.38. The summed E-state index contributed by atoms with van der Waals surface area (Å²) in [7, 11) is 1.65. The van der Waals surface area contributed by atoms with Gasteiger partial charge in [0.1, 0.15) is 5.75 Å². The minimum atomic E-state index is 0.460. The van der Waals surface area contributed by atoms with E-state index in [0.29, 0.717) is 11.7 Å². The Hall–Kier alpha value is -2.88. The molecule has 0 amide bonds. The van der Waals surface area contributed by atoms with Crippen molar-refractivity contribution in [2.75, 3.05) is 7.11 Å². The molecule has 0 fully saturated rings. The van der Waals surface area contributed by atoms with Gasteiger partial charge in [0, 0.05) is 17.2 Å². The number of aryl methyl sites for hydroxylation is 1. The van der Waals surface area contributed by atoms with E-state index in [-0.39, 0.29) is 0 Å². The van der Waals surface area contributed by atoms with Gasteiger partial charge >= 0.3 is 0 Å². The Morgan fingerprint density at radius 1 is 1.00 bits per heavy atom. The molecule has 0 bridgehead atoms. The Balaban J connectivity index is 1.82. The van der Waals surface area contributed by atoms with E-state index < -0.39 is 0 Å². The highest BCUT2D eigenvalue weighted by atomic mass is 16.5. The lowest BCUT2D eigenvalue weighted by Gasteiger charge is -2.02. The molecule has 0 spiro atoms. The molecule has 3 aromatic rings. The lowest BCUT2D eigenvalue weighted by Crippen LogP contribution is -1.85. The SMILES string of the molecule is COc1ccccc1/C=C/c1nc(-c2ccc(C)cc2)no1. The van der Waals surface area contributed by atoms with Gasteiger partial charge in [0.15, 0.2) is 0 Å². The van der Waals surface area contributed by atoms with Gasteiger partial charge in [-0.2, -0.15) is 4.98 Å². The fraction of sp³-hybridized carbons (Fsp3) is 0.111. The first kappa shape index (κ1) is 14.1. The average molecular weight is 292 g/mol. The Morgan fingerprint density at radius 2 is 1.77 bits per heavy atom. The zero-order chi connectivity index (χ0) is 15.4. The number of benzene rings is 2. The van der Waals surface area contributed by atoms with Crippen LogP contribution in [0.3, 0.4) is 0 Å². The number of hydrogen-bond donors (Lipinski definition) is 0. The van der Waals surface area contributed by atoms with Crippen LogP contribution in [0.25, 0.3) is 23.5 Å². The summed E-state index contributed by atoms with van der Waals surface area (Å²) < 4.78 is 10.6. The normalized spacial score (nSPS) is 11.0. The summed E-state index contributed by atoms with van der Waals surface area (Å²) in [6, 6.07) is 15.8. The second kappa shape index (κ2) is 6.26. The fourth-order valence-electron chi connectivity index (χ4n) is 2.09. The van der Waals surface area contributed by atoms with Crippen LogP contribution in [0.15, 0.2) is 53.1 Å². The lowest BCUT2D eigenvalue weighted by atomic mass is 10.1. The highest BCUT2D eigenvalue weighted by Crippen LogP contribution is 2.21. The van der Waals surface area contributed by atoms with Crippen molar-refractivity contribution in [3.63, 3.8) is 0 Å². The van der Waals surface area contributed by atoms with Crippen molar-refractivity contribution in [1.82, 2.24) is 10.1 Å². The zero-order valence-electron chi connectivity index (χ0n) is 12.5. The van der Waals surface area contributed by atoms with Gasteiger partial charge in [0.05, 0.1) is 7.11 Å². The Labute approximate surface area is 129 Å². The highest BCUT2D eigenvalue weighted by molar-refractivity contribution is 5.70. The van der Waals surface area contributed by atoms with E-state index in [0.717, 1.165) is 16.9 Å². The topological polar surface area (TPSA) is 48.2 Å². The van der Waals surface area contributed by atoms with Crippen LogP contribution in [0.2, 0.25) is 0 Å². The second-order valence-corrected chi connectivity index (χ2v) is 4.90. The van der Waals surface area contributed by atoms with Crippen molar-refractivity contribution in [3.05, 3.63) is 65.5 Å².